The molecule has 0 aromatic heterocycles. The van der Waals surface area contributed by atoms with E-state index < -0.39 is 17.5 Å². The maximum atomic E-state index is 13.5. The van der Waals surface area contributed by atoms with E-state index in [1.165, 1.54) is 0 Å². The number of rotatable bonds is 6. The quantitative estimate of drug-likeness (QED) is 0.626. The fourth-order valence-corrected chi connectivity index (χ4v) is 2.14. The second-order valence-electron chi connectivity index (χ2n) is 4.59. The maximum Gasteiger partial charge on any atom is 0.161 e. The second kappa shape index (κ2) is 5.71. The number of hydrogen-bond acceptors (Lipinski definition) is 2. The van der Waals surface area contributed by atoms with Gasteiger partial charge in [-0.2, -0.15) is 0 Å². The van der Waals surface area contributed by atoms with Crippen molar-refractivity contribution in [2.24, 2.45) is 5.92 Å². The van der Waals surface area contributed by atoms with Crippen LogP contribution in [0.25, 0.3) is 0 Å². The standard InChI is InChI=1S/C13H16F3NO/c1-18-3-2-17-7-8-4-9(8)10-5-12(15)13(16)6-11(10)14/h5-6,8-9,17H,2-4,7H2,1H3. The summed E-state index contributed by atoms with van der Waals surface area (Å²) < 4.78 is 44.2. The van der Waals surface area contributed by atoms with Crippen molar-refractivity contribution in [2.75, 3.05) is 26.8 Å². The van der Waals surface area contributed by atoms with Crippen LogP contribution in [-0.2, 0) is 4.74 Å². The predicted octanol–water partition coefficient (Wildman–Crippen LogP) is 2.44. The number of methoxy groups -OCH3 is 1. The molecule has 0 amide bonds. The fourth-order valence-electron chi connectivity index (χ4n) is 2.14. The Kier molecular flexibility index (Phi) is 4.24. The molecule has 2 nitrogen and oxygen atoms in total. The zero-order valence-corrected chi connectivity index (χ0v) is 10.2. The average Bonchev–Trinajstić information content (AvgIpc) is 3.09. The molecule has 18 heavy (non-hydrogen) atoms. The van der Waals surface area contributed by atoms with Crippen LogP contribution in [0.15, 0.2) is 12.1 Å². The summed E-state index contributed by atoms with van der Waals surface area (Å²) in [6.45, 7) is 2.10. The van der Waals surface area contributed by atoms with Gasteiger partial charge in [0.2, 0.25) is 0 Å². The van der Waals surface area contributed by atoms with Crippen LogP contribution in [0.4, 0.5) is 13.2 Å². The highest BCUT2D eigenvalue weighted by molar-refractivity contribution is 5.29. The Hall–Kier alpha value is -1.07. The fraction of sp³-hybridized carbons (Fsp3) is 0.538. The summed E-state index contributed by atoms with van der Waals surface area (Å²) in [7, 11) is 1.62. The molecule has 0 bridgehead atoms. The van der Waals surface area contributed by atoms with Gasteiger partial charge in [-0.3, -0.25) is 0 Å². The Morgan fingerprint density at radius 2 is 1.94 bits per heavy atom. The van der Waals surface area contributed by atoms with E-state index >= 15 is 0 Å². The van der Waals surface area contributed by atoms with Gasteiger partial charge >= 0.3 is 0 Å². The highest BCUT2D eigenvalue weighted by atomic mass is 19.2. The van der Waals surface area contributed by atoms with Crippen LogP contribution in [0, 0.1) is 23.4 Å². The van der Waals surface area contributed by atoms with Crippen molar-refractivity contribution in [1.82, 2.24) is 5.32 Å². The molecule has 1 aromatic rings. The van der Waals surface area contributed by atoms with Gasteiger partial charge in [-0.25, -0.2) is 13.2 Å². The zero-order chi connectivity index (χ0) is 13.1. The monoisotopic (exact) mass is 259 g/mol. The molecule has 5 heteroatoms. The van der Waals surface area contributed by atoms with Crippen molar-refractivity contribution in [3.8, 4) is 0 Å². The van der Waals surface area contributed by atoms with Crippen LogP contribution in [0.5, 0.6) is 0 Å². The minimum Gasteiger partial charge on any atom is -0.383 e. The highest BCUT2D eigenvalue weighted by Crippen LogP contribution is 2.48. The number of hydrogen-bond donors (Lipinski definition) is 1. The molecule has 1 fully saturated rings. The molecule has 1 aliphatic carbocycles. The van der Waals surface area contributed by atoms with E-state index in [0.717, 1.165) is 25.6 Å². The Morgan fingerprint density at radius 1 is 1.22 bits per heavy atom. The van der Waals surface area contributed by atoms with Gasteiger partial charge in [-0.05, 0) is 36.4 Å². The maximum absolute atomic E-state index is 13.5. The lowest BCUT2D eigenvalue weighted by Gasteiger charge is -2.05. The highest BCUT2D eigenvalue weighted by Gasteiger charge is 2.39. The van der Waals surface area contributed by atoms with Crippen LogP contribution in [-0.4, -0.2) is 26.8 Å². The lowest BCUT2D eigenvalue weighted by Crippen LogP contribution is -2.21. The summed E-state index contributed by atoms with van der Waals surface area (Å²) in [5, 5.41) is 3.18. The van der Waals surface area contributed by atoms with E-state index in [0.29, 0.717) is 18.6 Å². The van der Waals surface area contributed by atoms with E-state index in [1.807, 2.05) is 0 Å². The van der Waals surface area contributed by atoms with Gasteiger partial charge in [0.25, 0.3) is 0 Å². The smallest absolute Gasteiger partial charge is 0.161 e. The van der Waals surface area contributed by atoms with Crippen LogP contribution in [0.1, 0.15) is 17.9 Å². The first-order valence-electron chi connectivity index (χ1n) is 5.97. The number of benzene rings is 1. The van der Waals surface area contributed by atoms with E-state index in [2.05, 4.69) is 5.32 Å². The molecule has 0 heterocycles. The lowest BCUT2D eigenvalue weighted by atomic mass is 10.1. The predicted molar refractivity (Wildman–Crippen MR) is 61.9 cm³/mol. The van der Waals surface area contributed by atoms with E-state index in [9.17, 15) is 13.2 Å². The molecule has 1 N–H and O–H groups in total. The lowest BCUT2D eigenvalue weighted by molar-refractivity contribution is 0.199. The van der Waals surface area contributed by atoms with Crippen molar-refractivity contribution in [2.45, 2.75) is 12.3 Å². The van der Waals surface area contributed by atoms with Crippen LogP contribution in [0.3, 0.4) is 0 Å². The summed E-state index contributed by atoms with van der Waals surface area (Å²) in [6.07, 6.45) is 0.808. The number of ether oxygens (including phenoxy) is 1. The average molecular weight is 259 g/mol. The molecular formula is C13H16F3NO. The van der Waals surface area contributed by atoms with Crippen molar-refractivity contribution in [3.05, 3.63) is 35.1 Å². The molecule has 100 valence electrons. The van der Waals surface area contributed by atoms with Crippen LogP contribution in [0.2, 0.25) is 0 Å². The van der Waals surface area contributed by atoms with Crippen molar-refractivity contribution in [3.63, 3.8) is 0 Å². The summed E-state index contributed by atoms with van der Waals surface area (Å²) in [4.78, 5) is 0. The SMILES string of the molecule is COCCNCC1CC1c1cc(F)c(F)cc1F. The summed E-state index contributed by atoms with van der Waals surface area (Å²) >= 11 is 0. The molecule has 0 spiro atoms. The zero-order valence-electron chi connectivity index (χ0n) is 10.2. The van der Waals surface area contributed by atoms with Gasteiger partial charge in [0.15, 0.2) is 11.6 Å². The molecule has 0 saturated heterocycles. The van der Waals surface area contributed by atoms with E-state index in [-0.39, 0.29) is 11.5 Å². The van der Waals surface area contributed by atoms with Gasteiger partial charge in [0.1, 0.15) is 5.82 Å². The number of nitrogens with one attached hydrogen (secondary N) is 1. The molecular weight excluding hydrogens is 243 g/mol. The molecule has 2 atom stereocenters. The number of halogens is 3. The van der Waals surface area contributed by atoms with Crippen molar-refractivity contribution < 1.29 is 17.9 Å². The van der Waals surface area contributed by atoms with E-state index in [1.54, 1.807) is 7.11 Å². The van der Waals surface area contributed by atoms with Crippen LogP contribution < -0.4 is 5.32 Å². The minimum absolute atomic E-state index is 0.00450. The third-order valence-electron chi connectivity index (χ3n) is 3.25. The Bertz CT molecular complexity index is 425. The largest absolute Gasteiger partial charge is 0.383 e. The van der Waals surface area contributed by atoms with Crippen molar-refractivity contribution >= 4 is 0 Å². The van der Waals surface area contributed by atoms with Gasteiger partial charge in [-0.1, -0.05) is 0 Å². The molecule has 2 rings (SSSR count). The Morgan fingerprint density at radius 3 is 2.67 bits per heavy atom. The normalized spacial score (nSPS) is 22.2. The van der Waals surface area contributed by atoms with Gasteiger partial charge in [0.05, 0.1) is 6.61 Å². The molecule has 2 unspecified atom stereocenters. The first-order chi connectivity index (χ1) is 8.63. The first kappa shape index (κ1) is 13.4. The summed E-state index contributed by atoms with van der Waals surface area (Å²) in [5.74, 6) is -2.48. The van der Waals surface area contributed by atoms with Gasteiger partial charge in [-0.15, -0.1) is 0 Å². The first-order valence-corrected chi connectivity index (χ1v) is 5.97. The topological polar surface area (TPSA) is 21.3 Å². The van der Waals surface area contributed by atoms with Gasteiger partial charge in [0, 0.05) is 19.7 Å². The van der Waals surface area contributed by atoms with Crippen molar-refractivity contribution in [1.29, 1.82) is 0 Å². The van der Waals surface area contributed by atoms with Crippen LogP contribution >= 0.6 is 0 Å². The summed E-state index contributed by atoms with van der Waals surface area (Å²) in [6, 6.07) is 1.60. The molecule has 1 aliphatic rings. The molecule has 1 saturated carbocycles. The molecule has 1 aromatic carbocycles. The minimum atomic E-state index is -1.13. The third kappa shape index (κ3) is 3.03. The Balaban J connectivity index is 1.89. The Labute approximate surface area is 104 Å². The molecule has 0 aliphatic heterocycles. The van der Waals surface area contributed by atoms with E-state index in [4.69, 9.17) is 4.74 Å². The summed E-state index contributed by atoms with van der Waals surface area (Å²) in [5.41, 5.74) is 0.285. The third-order valence-corrected chi connectivity index (χ3v) is 3.25. The molecule has 0 radical (unpaired) electrons. The second-order valence-corrected chi connectivity index (χ2v) is 4.59. The van der Waals surface area contributed by atoms with Gasteiger partial charge < -0.3 is 10.1 Å².